The normalized spacial score (nSPS) is 13.2. The molecule has 0 aliphatic rings. The molecule has 1 amide bonds. The van der Waals surface area contributed by atoms with Crippen molar-refractivity contribution >= 4 is 15.9 Å². The summed E-state index contributed by atoms with van der Waals surface area (Å²) in [6, 6.07) is 19.1. The van der Waals surface area contributed by atoms with E-state index >= 15 is 0 Å². The number of methoxy groups -OCH3 is 1. The Balaban J connectivity index is 1.91. The number of sulfonamides is 1. The van der Waals surface area contributed by atoms with Crippen LogP contribution in [0.15, 0.2) is 71.6 Å². The smallest absolute Gasteiger partial charge is 0.241 e. The van der Waals surface area contributed by atoms with Gasteiger partial charge in [0.2, 0.25) is 15.9 Å². The standard InChI is InChI=1S/C27H32N2O4S/c1-18-15-19(2)26(20(3)16-18)34(31,32)29-24(17-22-11-7-6-8-12-22)27(30)28-21(4)23-13-9-10-14-25(23)33-5/h6-16,21,24,29H,17H2,1-5H3,(H,28,30)/t21-,24-/m0/s1. The molecule has 2 atom stereocenters. The van der Waals surface area contributed by atoms with Gasteiger partial charge in [-0.3, -0.25) is 4.79 Å². The lowest BCUT2D eigenvalue weighted by atomic mass is 10.0. The number of carbonyl (C=O) groups is 1. The van der Waals surface area contributed by atoms with E-state index in [1.54, 1.807) is 21.0 Å². The zero-order valence-corrected chi connectivity index (χ0v) is 21.1. The Morgan fingerprint density at radius 2 is 1.53 bits per heavy atom. The Labute approximate surface area is 202 Å². The molecule has 34 heavy (non-hydrogen) atoms. The van der Waals surface area contributed by atoms with Crippen molar-refractivity contribution < 1.29 is 17.9 Å². The first-order valence-corrected chi connectivity index (χ1v) is 12.7. The third-order valence-electron chi connectivity index (χ3n) is 5.73. The molecular formula is C27H32N2O4S. The van der Waals surface area contributed by atoms with Gasteiger partial charge in [-0.1, -0.05) is 66.2 Å². The summed E-state index contributed by atoms with van der Waals surface area (Å²) in [7, 11) is -2.38. The van der Waals surface area contributed by atoms with Crippen LogP contribution in [0.1, 0.15) is 40.8 Å². The number of amides is 1. The fourth-order valence-corrected chi connectivity index (χ4v) is 5.94. The third kappa shape index (κ3) is 6.04. The van der Waals surface area contributed by atoms with Crippen molar-refractivity contribution in [3.05, 3.63) is 94.5 Å². The van der Waals surface area contributed by atoms with Gasteiger partial charge >= 0.3 is 0 Å². The average Bonchev–Trinajstić information content (AvgIpc) is 2.78. The van der Waals surface area contributed by atoms with Crippen molar-refractivity contribution in [2.45, 2.75) is 51.1 Å². The SMILES string of the molecule is COc1ccccc1[C@H](C)NC(=O)[C@H](Cc1ccccc1)NS(=O)(=O)c1c(C)cc(C)cc1C. The van der Waals surface area contributed by atoms with Crippen LogP contribution in [-0.2, 0) is 21.2 Å². The van der Waals surface area contributed by atoms with Crippen molar-refractivity contribution in [3.8, 4) is 5.75 Å². The molecule has 0 aromatic heterocycles. The molecule has 3 rings (SSSR count). The molecule has 0 heterocycles. The lowest BCUT2D eigenvalue weighted by Gasteiger charge is -2.23. The van der Waals surface area contributed by atoms with E-state index in [1.807, 2.05) is 80.6 Å². The van der Waals surface area contributed by atoms with Gasteiger partial charge in [0.05, 0.1) is 18.0 Å². The van der Waals surface area contributed by atoms with Gasteiger partial charge in [-0.2, -0.15) is 4.72 Å². The van der Waals surface area contributed by atoms with Crippen LogP contribution >= 0.6 is 0 Å². The van der Waals surface area contributed by atoms with E-state index in [9.17, 15) is 13.2 Å². The van der Waals surface area contributed by atoms with Crippen LogP contribution in [0, 0.1) is 20.8 Å². The van der Waals surface area contributed by atoms with Gasteiger partial charge in [0, 0.05) is 5.56 Å². The number of benzene rings is 3. The molecule has 6 nitrogen and oxygen atoms in total. The van der Waals surface area contributed by atoms with Crippen molar-refractivity contribution in [1.82, 2.24) is 10.0 Å². The van der Waals surface area contributed by atoms with Crippen molar-refractivity contribution in [2.75, 3.05) is 7.11 Å². The van der Waals surface area contributed by atoms with E-state index in [0.29, 0.717) is 16.9 Å². The number of aryl methyl sites for hydroxylation is 3. The van der Waals surface area contributed by atoms with Crippen LogP contribution < -0.4 is 14.8 Å². The summed E-state index contributed by atoms with van der Waals surface area (Å²) in [6.07, 6.45) is 0.217. The first kappa shape index (κ1) is 25.5. The van der Waals surface area contributed by atoms with Gasteiger partial charge in [-0.25, -0.2) is 8.42 Å². The van der Waals surface area contributed by atoms with E-state index in [1.165, 1.54) is 0 Å². The lowest BCUT2D eigenvalue weighted by molar-refractivity contribution is -0.123. The highest BCUT2D eigenvalue weighted by Gasteiger charge is 2.29. The minimum Gasteiger partial charge on any atom is -0.496 e. The summed E-state index contributed by atoms with van der Waals surface area (Å²) in [4.78, 5) is 13.6. The molecular weight excluding hydrogens is 448 g/mol. The Hall–Kier alpha value is -3.16. The number of hydrogen-bond donors (Lipinski definition) is 2. The van der Waals surface area contributed by atoms with E-state index in [0.717, 1.165) is 16.7 Å². The molecule has 0 saturated carbocycles. The number of hydrogen-bond acceptors (Lipinski definition) is 4. The van der Waals surface area contributed by atoms with Crippen molar-refractivity contribution in [2.24, 2.45) is 0 Å². The summed E-state index contributed by atoms with van der Waals surface area (Å²) in [6.45, 7) is 7.31. The summed E-state index contributed by atoms with van der Waals surface area (Å²) in [5.74, 6) is 0.245. The lowest BCUT2D eigenvalue weighted by Crippen LogP contribution is -2.48. The molecule has 0 fully saturated rings. The van der Waals surface area contributed by atoms with Gasteiger partial charge in [0.1, 0.15) is 11.8 Å². The predicted molar refractivity (Wildman–Crippen MR) is 134 cm³/mol. The Morgan fingerprint density at radius 1 is 0.941 bits per heavy atom. The molecule has 3 aromatic carbocycles. The molecule has 0 saturated heterocycles. The second kappa shape index (κ2) is 10.8. The van der Waals surface area contributed by atoms with Gasteiger partial charge in [-0.05, 0) is 56.9 Å². The molecule has 3 aromatic rings. The largest absolute Gasteiger partial charge is 0.496 e. The summed E-state index contributed by atoms with van der Waals surface area (Å²) in [5.41, 5.74) is 3.94. The van der Waals surface area contributed by atoms with Gasteiger partial charge < -0.3 is 10.1 Å². The molecule has 7 heteroatoms. The highest BCUT2D eigenvalue weighted by molar-refractivity contribution is 7.89. The summed E-state index contributed by atoms with van der Waals surface area (Å²) >= 11 is 0. The van der Waals surface area contributed by atoms with Crippen molar-refractivity contribution in [1.29, 1.82) is 0 Å². The van der Waals surface area contributed by atoms with Crippen LogP contribution in [0.4, 0.5) is 0 Å². The Morgan fingerprint density at radius 3 is 2.15 bits per heavy atom. The highest BCUT2D eigenvalue weighted by atomic mass is 32.2. The third-order valence-corrected chi connectivity index (χ3v) is 7.51. The van der Waals surface area contributed by atoms with Crippen LogP contribution in [0.2, 0.25) is 0 Å². The van der Waals surface area contributed by atoms with Crippen LogP contribution in [0.3, 0.4) is 0 Å². The maximum absolute atomic E-state index is 13.4. The fourth-order valence-electron chi connectivity index (χ4n) is 4.29. The number of nitrogens with one attached hydrogen (secondary N) is 2. The first-order chi connectivity index (χ1) is 16.1. The number of rotatable bonds is 9. The highest BCUT2D eigenvalue weighted by Crippen LogP contribution is 2.25. The molecule has 0 radical (unpaired) electrons. The second-order valence-corrected chi connectivity index (χ2v) is 10.2. The van der Waals surface area contributed by atoms with E-state index < -0.39 is 22.0 Å². The zero-order chi connectivity index (χ0) is 24.9. The minimum atomic E-state index is -3.95. The molecule has 180 valence electrons. The number of carbonyl (C=O) groups excluding carboxylic acids is 1. The topological polar surface area (TPSA) is 84.5 Å². The van der Waals surface area contributed by atoms with Crippen LogP contribution in [0.5, 0.6) is 5.75 Å². The quantitative estimate of drug-likeness (QED) is 0.476. The molecule has 0 bridgehead atoms. The van der Waals surface area contributed by atoms with Crippen molar-refractivity contribution in [3.63, 3.8) is 0 Å². The Kier molecular flexibility index (Phi) is 8.12. The molecule has 2 N–H and O–H groups in total. The fraction of sp³-hybridized carbons (Fsp3) is 0.296. The Bertz CT molecular complexity index is 1230. The van der Waals surface area contributed by atoms with Gasteiger partial charge in [-0.15, -0.1) is 0 Å². The number of ether oxygens (including phenoxy) is 1. The maximum atomic E-state index is 13.4. The second-order valence-electron chi connectivity index (χ2n) is 8.56. The summed E-state index contributed by atoms with van der Waals surface area (Å²) in [5, 5.41) is 2.96. The van der Waals surface area contributed by atoms with Gasteiger partial charge in [0.15, 0.2) is 0 Å². The number of para-hydroxylation sites is 1. The van der Waals surface area contributed by atoms with Crippen LogP contribution in [0.25, 0.3) is 0 Å². The zero-order valence-electron chi connectivity index (χ0n) is 20.3. The van der Waals surface area contributed by atoms with E-state index in [-0.39, 0.29) is 17.4 Å². The monoisotopic (exact) mass is 480 g/mol. The average molecular weight is 481 g/mol. The van der Waals surface area contributed by atoms with E-state index in [2.05, 4.69) is 10.0 Å². The molecule has 0 aliphatic carbocycles. The van der Waals surface area contributed by atoms with Crippen LogP contribution in [-0.4, -0.2) is 27.5 Å². The minimum absolute atomic E-state index is 0.210. The van der Waals surface area contributed by atoms with E-state index in [4.69, 9.17) is 4.74 Å². The molecule has 0 unspecified atom stereocenters. The van der Waals surface area contributed by atoms with Gasteiger partial charge in [0.25, 0.3) is 0 Å². The summed E-state index contributed by atoms with van der Waals surface area (Å²) < 4.78 is 35.0. The predicted octanol–water partition coefficient (Wildman–Crippen LogP) is 4.39. The first-order valence-electron chi connectivity index (χ1n) is 11.2. The molecule has 0 aliphatic heterocycles. The maximum Gasteiger partial charge on any atom is 0.241 e. The molecule has 0 spiro atoms.